The number of anilines is 1. The maximum Gasteiger partial charge on any atom is 0.123 e. The number of benzene rings is 1. The van der Waals surface area contributed by atoms with E-state index in [9.17, 15) is 5.26 Å². The first kappa shape index (κ1) is 14.1. The van der Waals surface area contributed by atoms with Crippen LogP contribution in [0, 0.1) is 23.7 Å². The molecule has 0 bridgehead atoms. The number of nitrogen functional groups attached to an aromatic ring is 1. The van der Waals surface area contributed by atoms with Gasteiger partial charge in [0.1, 0.15) is 23.0 Å². The molecule has 1 heterocycles. The molecule has 0 aliphatic heterocycles. The van der Waals surface area contributed by atoms with Crippen molar-refractivity contribution in [1.82, 2.24) is 4.57 Å². The van der Waals surface area contributed by atoms with E-state index in [0.29, 0.717) is 16.4 Å². The van der Waals surface area contributed by atoms with Crippen molar-refractivity contribution in [2.24, 2.45) is 0 Å². The molecule has 0 unspecified atom stereocenters. The minimum absolute atomic E-state index is 0.375. The van der Waals surface area contributed by atoms with E-state index in [1.807, 2.05) is 32.2 Å². The van der Waals surface area contributed by atoms with Gasteiger partial charge in [0.2, 0.25) is 0 Å². The third kappa shape index (κ3) is 2.25. The fourth-order valence-corrected chi connectivity index (χ4v) is 2.15. The second-order valence-corrected chi connectivity index (χ2v) is 5.43. The molecule has 1 aromatic heterocycles. The van der Waals surface area contributed by atoms with Gasteiger partial charge in [-0.05, 0) is 31.5 Å². The Labute approximate surface area is 123 Å². The molecule has 0 radical (unpaired) electrons. The zero-order valence-corrected chi connectivity index (χ0v) is 12.1. The van der Waals surface area contributed by atoms with Gasteiger partial charge in [0.15, 0.2) is 0 Å². The molecule has 2 rings (SSSR count). The van der Waals surface area contributed by atoms with Gasteiger partial charge in [-0.1, -0.05) is 29.7 Å². The molecule has 0 spiro atoms. The van der Waals surface area contributed by atoms with Gasteiger partial charge < -0.3 is 10.3 Å². The lowest BCUT2D eigenvalue weighted by Crippen LogP contribution is -2.24. The number of halogens is 1. The van der Waals surface area contributed by atoms with Crippen LogP contribution in [0.4, 0.5) is 5.82 Å². The van der Waals surface area contributed by atoms with Crippen LogP contribution in [0.15, 0.2) is 30.5 Å². The summed E-state index contributed by atoms with van der Waals surface area (Å²) in [5.41, 5.74) is 7.53. The second-order valence-electron chi connectivity index (χ2n) is 5.00. The third-order valence-corrected chi connectivity index (χ3v) is 3.52. The summed E-state index contributed by atoms with van der Waals surface area (Å²) < 4.78 is 1.75. The molecule has 0 fully saturated rings. The number of hydrogen-bond acceptors (Lipinski definition) is 2. The summed E-state index contributed by atoms with van der Waals surface area (Å²) in [5.74, 6) is 3.05. The lowest BCUT2D eigenvalue weighted by Gasteiger charge is -2.21. The molecule has 20 heavy (non-hydrogen) atoms. The number of terminal acetylenes is 1. The van der Waals surface area contributed by atoms with Gasteiger partial charge in [-0.15, -0.1) is 6.42 Å². The van der Waals surface area contributed by atoms with Crippen molar-refractivity contribution in [2.45, 2.75) is 19.4 Å². The van der Waals surface area contributed by atoms with Gasteiger partial charge in [-0.25, -0.2) is 0 Å². The SMILES string of the molecule is C#CC(C)(C)n1cc(-c2ccc(Cl)cc2)c(C#N)c1N. The summed E-state index contributed by atoms with van der Waals surface area (Å²) >= 11 is 5.88. The third-order valence-electron chi connectivity index (χ3n) is 3.27. The Hall–Kier alpha value is -2.36. The smallest absolute Gasteiger partial charge is 0.123 e. The molecule has 3 nitrogen and oxygen atoms in total. The van der Waals surface area contributed by atoms with Crippen LogP contribution >= 0.6 is 11.6 Å². The van der Waals surface area contributed by atoms with E-state index >= 15 is 0 Å². The van der Waals surface area contributed by atoms with Crippen molar-refractivity contribution in [3.8, 4) is 29.5 Å². The first-order valence-electron chi connectivity index (χ1n) is 6.06. The number of aromatic nitrogens is 1. The Morgan fingerprint density at radius 3 is 2.40 bits per heavy atom. The van der Waals surface area contributed by atoms with Gasteiger partial charge in [0.25, 0.3) is 0 Å². The van der Waals surface area contributed by atoms with Crippen molar-refractivity contribution >= 4 is 17.4 Å². The van der Waals surface area contributed by atoms with Gasteiger partial charge in [-0.3, -0.25) is 0 Å². The van der Waals surface area contributed by atoms with Crippen LogP contribution in [0.2, 0.25) is 5.02 Å². The molecule has 1 aromatic carbocycles. The number of nitrogens with two attached hydrogens (primary N) is 1. The van der Waals surface area contributed by atoms with Crippen LogP contribution < -0.4 is 5.73 Å². The molecule has 0 atom stereocenters. The Morgan fingerprint density at radius 1 is 1.30 bits per heavy atom. The summed E-state index contributed by atoms with van der Waals surface area (Å²) in [6.45, 7) is 3.74. The zero-order valence-electron chi connectivity index (χ0n) is 11.3. The highest BCUT2D eigenvalue weighted by Gasteiger charge is 2.24. The first-order valence-corrected chi connectivity index (χ1v) is 6.43. The van der Waals surface area contributed by atoms with Crippen molar-refractivity contribution in [3.63, 3.8) is 0 Å². The molecule has 4 heteroatoms. The lowest BCUT2D eigenvalue weighted by molar-refractivity contribution is 0.484. The van der Waals surface area contributed by atoms with E-state index in [1.165, 1.54) is 0 Å². The molecular formula is C16H14ClN3. The fraction of sp³-hybridized carbons (Fsp3) is 0.188. The molecule has 2 aromatic rings. The van der Waals surface area contributed by atoms with E-state index < -0.39 is 5.54 Å². The van der Waals surface area contributed by atoms with Crippen LogP contribution in [0.5, 0.6) is 0 Å². The van der Waals surface area contributed by atoms with Crippen LogP contribution in [-0.2, 0) is 5.54 Å². The molecule has 0 saturated heterocycles. The average molecular weight is 284 g/mol. The van der Waals surface area contributed by atoms with Crippen molar-refractivity contribution in [2.75, 3.05) is 5.73 Å². The number of hydrogen-bond donors (Lipinski definition) is 1. The summed E-state index contributed by atoms with van der Waals surface area (Å²) in [6, 6.07) is 9.40. The Kier molecular flexibility index (Phi) is 3.49. The normalized spacial score (nSPS) is 10.8. The molecule has 100 valence electrons. The summed E-state index contributed by atoms with van der Waals surface area (Å²) in [7, 11) is 0. The quantitative estimate of drug-likeness (QED) is 0.856. The number of nitrogens with zero attached hydrogens (tertiary/aromatic N) is 2. The fourth-order valence-electron chi connectivity index (χ4n) is 2.02. The Balaban J connectivity index is 2.67. The topological polar surface area (TPSA) is 54.7 Å². The summed E-state index contributed by atoms with van der Waals surface area (Å²) in [6.07, 6.45) is 7.36. The van der Waals surface area contributed by atoms with Crippen LogP contribution in [0.1, 0.15) is 19.4 Å². The van der Waals surface area contributed by atoms with Crippen LogP contribution in [-0.4, -0.2) is 4.57 Å². The maximum absolute atomic E-state index is 9.35. The average Bonchev–Trinajstić information content (AvgIpc) is 2.77. The van der Waals surface area contributed by atoms with Crippen molar-refractivity contribution in [1.29, 1.82) is 5.26 Å². The minimum Gasteiger partial charge on any atom is -0.384 e. The highest BCUT2D eigenvalue weighted by Crippen LogP contribution is 2.33. The van der Waals surface area contributed by atoms with Crippen LogP contribution in [0.3, 0.4) is 0 Å². The predicted octanol–water partition coefficient (Wildman–Crippen LogP) is 3.63. The lowest BCUT2D eigenvalue weighted by atomic mass is 10.1. The summed E-state index contributed by atoms with van der Waals surface area (Å²) in [4.78, 5) is 0. The molecular weight excluding hydrogens is 270 g/mol. The highest BCUT2D eigenvalue weighted by atomic mass is 35.5. The van der Waals surface area contributed by atoms with Crippen LogP contribution in [0.25, 0.3) is 11.1 Å². The van der Waals surface area contributed by atoms with E-state index in [0.717, 1.165) is 11.1 Å². The molecule has 0 amide bonds. The number of rotatable bonds is 2. The largest absolute Gasteiger partial charge is 0.384 e. The van der Waals surface area contributed by atoms with Crippen molar-refractivity contribution in [3.05, 3.63) is 41.0 Å². The first-order chi connectivity index (χ1) is 9.40. The van der Waals surface area contributed by atoms with E-state index in [2.05, 4.69) is 12.0 Å². The number of nitriles is 1. The van der Waals surface area contributed by atoms with Gasteiger partial charge in [0, 0.05) is 16.8 Å². The molecule has 0 aliphatic rings. The van der Waals surface area contributed by atoms with Gasteiger partial charge in [0.05, 0.1) is 0 Å². The Morgan fingerprint density at radius 2 is 1.90 bits per heavy atom. The monoisotopic (exact) mass is 283 g/mol. The highest BCUT2D eigenvalue weighted by molar-refractivity contribution is 6.30. The van der Waals surface area contributed by atoms with E-state index in [-0.39, 0.29) is 0 Å². The second kappa shape index (κ2) is 4.96. The van der Waals surface area contributed by atoms with Crippen molar-refractivity contribution < 1.29 is 0 Å². The predicted molar refractivity (Wildman–Crippen MR) is 82.2 cm³/mol. The summed E-state index contributed by atoms with van der Waals surface area (Å²) in [5, 5.41) is 9.99. The standard InChI is InChI=1S/C16H14ClN3/c1-4-16(2,3)20-10-14(13(9-18)15(20)19)11-5-7-12(17)8-6-11/h1,5-8,10H,19H2,2-3H3. The maximum atomic E-state index is 9.35. The molecule has 0 aliphatic carbocycles. The minimum atomic E-state index is -0.597. The van der Waals surface area contributed by atoms with Gasteiger partial charge in [-0.2, -0.15) is 5.26 Å². The zero-order chi connectivity index (χ0) is 14.9. The van der Waals surface area contributed by atoms with E-state index in [1.54, 1.807) is 16.7 Å². The Bertz CT molecular complexity index is 725. The van der Waals surface area contributed by atoms with Gasteiger partial charge >= 0.3 is 0 Å². The molecule has 2 N–H and O–H groups in total. The molecule has 0 saturated carbocycles. The van der Waals surface area contributed by atoms with E-state index in [4.69, 9.17) is 23.8 Å².